The maximum Gasteiger partial charge on any atom is 0.0582 e. The lowest BCUT2D eigenvalue weighted by Crippen LogP contribution is -2.39. The third-order valence-electron chi connectivity index (χ3n) is 3.91. The molecule has 2 N–H and O–H groups in total. The summed E-state index contributed by atoms with van der Waals surface area (Å²) in [5, 5.41) is 4.23. The molecule has 100 valence electrons. The van der Waals surface area contributed by atoms with E-state index in [9.17, 15) is 0 Å². The Balaban J connectivity index is 1.70. The van der Waals surface area contributed by atoms with Crippen LogP contribution in [0.4, 0.5) is 0 Å². The van der Waals surface area contributed by atoms with Crippen LogP contribution in [0, 0.1) is 0 Å². The van der Waals surface area contributed by atoms with Gasteiger partial charge in [-0.25, -0.2) is 0 Å². The van der Waals surface area contributed by atoms with Crippen molar-refractivity contribution in [3.05, 3.63) is 53.9 Å². The standard InChI is InChI=1S/C15H20N4/c1-18-11-14(9-17-18)15(16)7-8-19(12-15)10-13-5-3-2-4-6-13/h2-6,9,11H,7-8,10,12,16H2,1H3. The fourth-order valence-electron chi connectivity index (χ4n) is 2.81. The number of benzene rings is 1. The highest BCUT2D eigenvalue weighted by molar-refractivity contribution is 5.21. The number of aromatic nitrogens is 2. The van der Waals surface area contributed by atoms with Gasteiger partial charge in [-0.2, -0.15) is 5.10 Å². The number of nitrogens with zero attached hydrogens (tertiary/aromatic N) is 3. The zero-order chi connectivity index (χ0) is 13.3. The highest BCUT2D eigenvalue weighted by Crippen LogP contribution is 2.29. The Kier molecular flexibility index (Phi) is 3.12. The van der Waals surface area contributed by atoms with Gasteiger partial charge in [0.05, 0.1) is 11.7 Å². The molecule has 1 atom stereocenters. The summed E-state index contributed by atoms with van der Waals surface area (Å²) < 4.78 is 1.82. The van der Waals surface area contributed by atoms with E-state index < -0.39 is 0 Å². The molecule has 1 aromatic carbocycles. The van der Waals surface area contributed by atoms with Gasteiger partial charge in [-0.15, -0.1) is 0 Å². The van der Waals surface area contributed by atoms with Crippen molar-refractivity contribution < 1.29 is 0 Å². The van der Waals surface area contributed by atoms with E-state index in [2.05, 4.69) is 40.3 Å². The summed E-state index contributed by atoms with van der Waals surface area (Å²) in [6, 6.07) is 10.6. The van der Waals surface area contributed by atoms with Gasteiger partial charge in [-0.05, 0) is 12.0 Å². The predicted molar refractivity (Wildman–Crippen MR) is 75.4 cm³/mol. The van der Waals surface area contributed by atoms with E-state index in [1.54, 1.807) is 0 Å². The van der Waals surface area contributed by atoms with Crippen molar-refractivity contribution in [3.63, 3.8) is 0 Å². The lowest BCUT2D eigenvalue weighted by molar-refractivity contribution is 0.305. The minimum Gasteiger partial charge on any atom is -0.320 e. The van der Waals surface area contributed by atoms with Crippen molar-refractivity contribution in [1.29, 1.82) is 0 Å². The van der Waals surface area contributed by atoms with Crippen LogP contribution in [0.5, 0.6) is 0 Å². The fourth-order valence-corrected chi connectivity index (χ4v) is 2.81. The average molecular weight is 256 g/mol. The summed E-state index contributed by atoms with van der Waals surface area (Å²) in [7, 11) is 1.93. The van der Waals surface area contributed by atoms with E-state index in [-0.39, 0.29) is 5.54 Å². The molecule has 0 spiro atoms. The molecule has 2 aromatic rings. The number of hydrogen-bond acceptors (Lipinski definition) is 3. The largest absolute Gasteiger partial charge is 0.320 e. The van der Waals surface area contributed by atoms with E-state index >= 15 is 0 Å². The van der Waals surface area contributed by atoms with E-state index in [0.29, 0.717) is 0 Å². The molecule has 0 amide bonds. The SMILES string of the molecule is Cn1cc(C2(N)CCN(Cc3ccccc3)C2)cn1. The van der Waals surface area contributed by atoms with Crippen LogP contribution in [-0.2, 0) is 19.1 Å². The quantitative estimate of drug-likeness (QED) is 0.905. The van der Waals surface area contributed by atoms with E-state index in [0.717, 1.165) is 31.6 Å². The van der Waals surface area contributed by atoms with Crippen molar-refractivity contribution >= 4 is 0 Å². The van der Waals surface area contributed by atoms with Gasteiger partial charge in [0, 0.05) is 38.4 Å². The first-order valence-electron chi connectivity index (χ1n) is 6.70. The van der Waals surface area contributed by atoms with Crippen LogP contribution >= 0.6 is 0 Å². The lowest BCUT2D eigenvalue weighted by Gasteiger charge is -2.23. The molecule has 1 unspecified atom stereocenters. The van der Waals surface area contributed by atoms with Crippen molar-refractivity contribution in [2.45, 2.75) is 18.5 Å². The Morgan fingerprint density at radius 2 is 2.11 bits per heavy atom. The first-order valence-corrected chi connectivity index (χ1v) is 6.70. The number of aryl methyl sites for hydroxylation is 1. The predicted octanol–water partition coefficient (Wildman–Crippen LogP) is 1.48. The molecule has 1 saturated heterocycles. The summed E-state index contributed by atoms with van der Waals surface area (Å²) in [4.78, 5) is 2.42. The molecule has 1 aliphatic rings. The Morgan fingerprint density at radius 1 is 1.32 bits per heavy atom. The van der Waals surface area contributed by atoms with Crippen molar-refractivity contribution in [3.8, 4) is 0 Å². The maximum atomic E-state index is 6.54. The summed E-state index contributed by atoms with van der Waals surface area (Å²) in [5.74, 6) is 0. The molecule has 2 heterocycles. The van der Waals surface area contributed by atoms with Crippen LogP contribution in [0.2, 0.25) is 0 Å². The highest BCUT2D eigenvalue weighted by atomic mass is 15.2. The Labute approximate surface area is 113 Å². The Hall–Kier alpha value is -1.65. The van der Waals surface area contributed by atoms with Gasteiger partial charge >= 0.3 is 0 Å². The molecule has 4 heteroatoms. The Bertz CT molecular complexity index is 548. The van der Waals surface area contributed by atoms with Gasteiger partial charge < -0.3 is 5.73 Å². The number of rotatable bonds is 3. The zero-order valence-electron chi connectivity index (χ0n) is 11.3. The second kappa shape index (κ2) is 4.79. The molecule has 0 radical (unpaired) electrons. The second-order valence-corrected chi connectivity index (χ2v) is 5.51. The van der Waals surface area contributed by atoms with Crippen LogP contribution in [0.3, 0.4) is 0 Å². The molecule has 0 saturated carbocycles. The molecule has 0 bridgehead atoms. The first kappa shape index (κ1) is 12.4. The normalized spacial score (nSPS) is 23.9. The third kappa shape index (κ3) is 2.55. The molecule has 1 aromatic heterocycles. The summed E-state index contributed by atoms with van der Waals surface area (Å²) >= 11 is 0. The first-order chi connectivity index (χ1) is 9.16. The smallest absolute Gasteiger partial charge is 0.0582 e. The summed E-state index contributed by atoms with van der Waals surface area (Å²) in [6.45, 7) is 2.91. The van der Waals surface area contributed by atoms with Gasteiger partial charge in [0.25, 0.3) is 0 Å². The zero-order valence-corrected chi connectivity index (χ0v) is 11.3. The van der Waals surface area contributed by atoms with Gasteiger partial charge in [0.2, 0.25) is 0 Å². The van der Waals surface area contributed by atoms with Crippen LogP contribution in [0.25, 0.3) is 0 Å². The maximum absolute atomic E-state index is 6.54. The molecule has 4 nitrogen and oxygen atoms in total. The van der Waals surface area contributed by atoms with E-state index in [4.69, 9.17) is 5.73 Å². The van der Waals surface area contributed by atoms with Crippen LogP contribution < -0.4 is 5.73 Å². The molecule has 0 aliphatic carbocycles. The van der Waals surface area contributed by atoms with Crippen molar-refractivity contribution in [2.24, 2.45) is 12.8 Å². The monoisotopic (exact) mass is 256 g/mol. The van der Waals surface area contributed by atoms with Gasteiger partial charge in [0.1, 0.15) is 0 Å². The second-order valence-electron chi connectivity index (χ2n) is 5.51. The minimum absolute atomic E-state index is 0.247. The number of hydrogen-bond donors (Lipinski definition) is 1. The van der Waals surface area contributed by atoms with E-state index in [1.807, 2.05) is 24.1 Å². The van der Waals surface area contributed by atoms with Crippen LogP contribution in [-0.4, -0.2) is 27.8 Å². The fraction of sp³-hybridized carbons (Fsp3) is 0.400. The number of nitrogens with two attached hydrogens (primary N) is 1. The molecule has 3 rings (SSSR count). The highest BCUT2D eigenvalue weighted by Gasteiger charge is 2.36. The molecule has 1 aliphatic heterocycles. The van der Waals surface area contributed by atoms with Crippen molar-refractivity contribution in [2.75, 3.05) is 13.1 Å². The average Bonchev–Trinajstić information content (AvgIpc) is 2.99. The third-order valence-corrected chi connectivity index (χ3v) is 3.91. The van der Waals surface area contributed by atoms with Crippen molar-refractivity contribution in [1.82, 2.24) is 14.7 Å². The van der Waals surface area contributed by atoms with Crippen LogP contribution in [0.15, 0.2) is 42.7 Å². The van der Waals surface area contributed by atoms with Gasteiger partial charge in [-0.3, -0.25) is 9.58 Å². The topological polar surface area (TPSA) is 47.1 Å². The van der Waals surface area contributed by atoms with E-state index in [1.165, 1.54) is 5.56 Å². The Morgan fingerprint density at radius 3 is 2.79 bits per heavy atom. The molecule has 1 fully saturated rings. The van der Waals surface area contributed by atoms with Gasteiger partial charge in [-0.1, -0.05) is 30.3 Å². The summed E-state index contributed by atoms with van der Waals surface area (Å²) in [5.41, 5.74) is 8.79. The molecular formula is C15H20N4. The minimum atomic E-state index is -0.247. The van der Waals surface area contributed by atoms with Gasteiger partial charge in [0.15, 0.2) is 0 Å². The summed E-state index contributed by atoms with van der Waals surface area (Å²) in [6.07, 6.45) is 4.92. The lowest BCUT2D eigenvalue weighted by atomic mass is 9.93. The van der Waals surface area contributed by atoms with Crippen LogP contribution in [0.1, 0.15) is 17.5 Å². The number of likely N-dealkylation sites (tertiary alicyclic amines) is 1. The molecule has 19 heavy (non-hydrogen) atoms. The molecular weight excluding hydrogens is 236 g/mol.